The topological polar surface area (TPSA) is 37.4 Å². The molecule has 0 bridgehead atoms. The van der Waals surface area contributed by atoms with E-state index in [2.05, 4.69) is 0 Å². The van der Waals surface area contributed by atoms with E-state index in [1.165, 1.54) is 22.5 Å². The van der Waals surface area contributed by atoms with Crippen molar-refractivity contribution in [2.75, 3.05) is 0 Å². The first-order valence-electron chi connectivity index (χ1n) is 6.99. The van der Waals surface area contributed by atoms with Crippen LogP contribution in [0.15, 0.2) is 53.4 Å². The Morgan fingerprint density at radius 2 is 1.86 bits per heavy atom. The first-order chi connectivity index (χ1) is 10.5. The summed E-state index contributed by atoms with van der Waals surface area (Å²) in [6.07, 6.45) is 1.60. The predicted molar refractivity (Wildman–Crippen MR) is 83.6 cm³/mol. The molecule has 0 heterocycles. The molecule has 3 nitrogen and oxygen atoms in total. The maximum atomic E-state index is 13.8. The highest BCUT2D eigenvalue weighted by Crippen LogP contribution is 2.34. The van der Waals surface area contributed by atoms with Crippen molar-refractivity contribution in [1.29, 1.82) is 0 Å². The van der Waals surface area contributed by atoms with Crippen LogP contribution in [0.3, 0.4) is 0 Å². The van der Waals surface area contributed by atoms with Crippen LogP contribution in [0.4, 0.5) is 4.39 Å². The predicted octanol–water partition coefficient (Wildman–Crippen LogP) is 3.83. The molecule has 0 unspecified atom stereocenters. The van der Waals surface area contributed by atoms with Crippen molar-refractivity contribution in [3.63, 3.8) is 0 Å². The van der Waals surface area contributed by atoms with Gasteiger partial charge in [-0.05, 0) is 37.1 Å². The Balaban J connectivity index is 1.96. The second-order valence-corrected chi connectivity index (χ2v) is 7.66. The lowest BCUT2D eigenvalue weighted by Gasteiger charge is -2.22. The Kier molecular flexibility index (Phi) is 4.21. The van der Waals surface area contributed by atoms with E-state index < -0.39 is 15.8 Å². The average molecular weight is 340 g/mol. The Morgan fingerprint density at radius 3 is 2.50 bits per heavy atom. The second-order valence-electron chi connectivity index (χ2n) is 5.33. The first kappa shape index (κ1) is 15.5. The Hall–Kier alpha value is -1.43. The summed E-state index contributed by atoms with van der Waals surface area (Å²) in [6.45, 7) is 0.0339. The SMILES string of the molecule is O=S(=O)(c1cccc(Cl)c1)N(Cc1ccccc1F)C1CC1. The summed E-state index contributed by atoms with van der Waals surface area (Å²) in [5.41, 5.74) is 0.375. The van der Waals surface area contributed by atoms with Crippen LogP contribution in [0.5, 0.6) is 0 Å². The quantitative estimate of drug-likeness (QED) is 0.830. The molecule has 0 spiro atoms. The number of hydrogen-bond donors (Lipinski definition) is 0. The zero-order chi connectivity index (χ0) is 15.7. The van der Waals surface area contributed by atoms with Gasteiger partial charge in [0.15, 0.2) is 0 Å². The van der Waals surface area contributed by atoms with Gasteiger partial charge in [0.05, 0.1) is 4.90 Å². The van der Waals surface area contributed by atoms with Crippen LogP contribution < -0.4 is 0 Å². The molecule has 2 aromatic rings. The zero-order valence-corrected chi connectivity index (χ0v) is 13.3. The highest BCUT2D eigenvalue weighted by atomic mass is 35.5. The molecule has 1 aliphatic rings. The van der Waals surface area contributed by atoms with Crippen LogP contribution >= 0.6 is 11.6 Å². The highest BCUT2D eigenvalue weighted by molar-refractivity contribution is 7.89. The molecule has 0 aliphatic heterocycles. The van der Waals surface area contributed by atoms with Crippen molar-refractivity contribution < 1.29 is 12.8 Å². The third kappa shape index (κ3) is 3.16. The molecule has 3 rings (SSSR count). The van der Waals surface area contributed by atoms with E-state index in [4.69, 9.17) is 11.6 Å². The van der Waals surface area contributed by atoms with Crippen molar-refractivity contribution in [2.24, 2.45) is 0 Å². The van der Waals surface area contributed by atoms with Gasteiger partial charge in [-0.1, -0.05) is 35.9 Å². The largest absolute Gasteiger partial charge is 0.243 e. The molecule has 0 radical (unpaired) electrons. The third-order valence-corrected chi connectivity index (χ3v) is 5.77. The summed E-state index contributed by atoms with van der Waals surface area (Å²) in [5.74, 6) is -0.394. The summed E-state index contributed by atoms with van der Waals surface area (Å²) < 4.78 is 40.9. The van der Waals surface area contributed by atoms with E-state index in [0.717, 1.165) is 12.8 Å². The Labute approximate surface area is 134 Å². The minimum absolute atomic E-state index is 0.0339. The number of hydrogen-bond acceptors (Lipinski definition) is 2. The maximum Gasteiger partial charge on any atom is 0.243 e. The van der Waals surface area contributed by atoms with Gasteiger partial charge in [0.1, 0.15) is 5.82 Å². The van der Waals surface area contributed by atoms with Crippen molar-refractivity contribution in [2.45, 2.75) is 30.3 Å². The van der Waals surface area contributed by atoms with Crippen LogP contribution in [0.25, 0.3) is 0 Å². The monoisotopic (exact) mass is 339 g/mol. The van der Waals surface area contributed by atoms with Crippen LogP contribution in [0, 0.1) is 5.82 Å². The smallest absolute Gasteiger partial charge is 0.207 e. The molecular weight excluding hydrogens is 325 g/mol. The number of benzene rings is 2. The van der Waals surface area contributed by atoms with Crippen molar-refractivity contribution in [3.8, 4) is 0 Å². The maximum absolute atomic E-state index is 13.8. The summed E-state index contributed by atoms with van der Waals surface area (Å²) in [6, 6.07) is 12.3. The van der Waals surface area contributed by atoms with Crippen LogP contribution in [0.2, 0.25) is 5.02 Å². The van der Waals surface area contributed by atoms with E-state index in [1.54, 1.807) is 30.3 Å². The minimum atomic E-state index is -3.69. The molecule has 2 aromatic carbocycles. The summed E-state index contributed by atoms with van der Waals surface area (Å²) >= 11 is 5.89. The number of halogens is 2. The minimum Gasteiger partial charge on any atom is -0.207 e. The van der Waals surface area contributed by atoms with E-state index in [9.17, 15) is 12.8 Å². The van der Waals surface area contributed by atoms with Gasteiger partial charge in [0.2, 0.25) is 10.0 Å². The summed E-state index contributed by atoms with van der Waals surface area (Å²) in [4.78, 5) is 0.142. The number of rotatable bonds is 5. The van der Waals surface area contributed by atoms with E-state index in [-0.39, 0.29) is 17.5 Å². The standard InChI is InChI=1S/C16H15ClFNO2S/c17-13-5-3-6-15(10-13)22(20,21)19(14-8-9-14)11-12-4-1-2-7-16(12)18/h1-7,10,14H,8-9,11H2. The molecule has 0 aromatic heterocycles. The lowest BCUT2D eigenvalue weighted by molar-refractivity contribution is 0.391. The summed E-state index contributed by atoms with van der Waals surface area (Å²) in [5, 5.41) is 0.364. The molecule has 0 saturated heterocycles. The Bertz CT molecular complexity index is 790. The van der Waals surface area contributed by atoms with Gasteiger partial charge in [-0.2, -0.15) is 4.31 Å². The Morgan fingerprint density at radius 1 is 1.14 bits per heavy atom. The normalized spacial score (nSPS) is 15.2. The number of sulfonamides is 1. The highest BCUT2D eigenvalue weighted by Gasteiger charge is 2.38. The van der Waals surface area contributed by atoms with Gasteiger partial charge in [-0.3, -0.25) is 0 Å². The fraction of sp³-hybridized carbons (Fsp3) is 0.250. The molecule has 0 amide bonds. The lowest BCUT2D eigenvalue weighted by Crippen LogP contribution is -2.33. The van der Waals surface area contributed by atoms with E-state index in [0.29, 0.717) is 10.6 Å². The molecule has 22 heavy (non-hydrogen) atoms. The molecule has 6 heteroatoms. The van der Waals surface area contributed by atoms with Crippen molar-refractivity contribution in [3.05, 3.63) is 64.9 Å². The lowest BCUT2D eigenvalue weighted by atomic mass is 10.2. The fourth-order valence-electron chi connectivity index (χ4n) is 2.33. The molecule has 1 aliphatic carbocycles. The van der Waals surface area contributed by atoms with Gasteiger partial charge in [-0.15, -0.1) is 0 Å². The van der Waals surface area contributed by atoms with Crippen LogP contribution in [-0.4, -0.2) is 18.8 Å². The van der Waals surface area contributed by atoms with E-state index >= 15 is 0 Å². The number of nitrogens with zero attached hydrogens (tertiary/aromatic N) is 1. The van der Waals surface area contributed by atoms with Gasteiger partial charge >= 0.3 is 0 Å². The third-order valence-electron chi connectivity index (χ3n) is 3.64. The second kappa shape index (κ2) is 5.99. The average Bonchev–Trinajstić information content (AvgIpc) is 3.30. The molecular formula is C16H15ClFNO2S. The first-order valence-corrected chi connectivity index (χ1v) is 8.81. The molecule has 0 N–H and O–H groups in total. The molecule has 0 atom stereocenters. The van der Waals surface area contributed by atoms with Crippen molar-refractivity contribution in [1.82, 2.24) is 4.31 Å². The fourth-order valence-corrected chi connectivity index (χ4v) is 4.29. The van der Waals surface area contributed by atoms with Crippen LogP contribution in [-0.2, 0) is 16.6 Å². The molecule has 116 valence electrons. The van der Waals surface area contributed by atoms with Gasteiger partial charge in [0, 0.05) is 23.2 Å². The molecule has 1 saturated carbocycles. The van der Waals surface area contributed by atoms with Crippen LogP contribution in [0.1, 0.15) is 18.4 Å². The van der Waals surface area contributed by atoms with Crippen molar-refractivity contribution >= 4 is 21.6 Å². The van der Waals surface area contributed by atoms with Gasteiger partial charge in [0.25, 0.3) is 0 Å². The van der Waals surface area contributed by atoms with E-state index in [1.807, 2.05) is 0 Å². The molecule has 1 fully saturated rings. The zero-order valence-electron chi connectivity index (χ0n) is 11.7. The van der Waals surface area contributed by atoms with Gasteiger partial charge < -0.3 is 0 Å². The van der Waals surface area contributed by atoms with Gasteiger partial charge in [-0.25, -0.2) is 12.8 Å². The summed E-state index contributed by atoms with van der Waals surface area (Å²) in [7, 11) is -3.69.